The van der Waals surface area contributed by atoms with E-state index in [0.717, 1.165) is 17.0 Å². The Labute approximate surface area is 97.3 Å². The van der Waals surface area contributed by atoms with Gasteiger partial charge < -0.3 is 4.40 Å². The molecule has 0 N–H and O–H groups in total. The Kier molecular flexibility index (Phi) is 2.11. The lowest BCUT2D eigenvalue weighted by molar-refractivity contribution is 1.19. The minimum atomic E-state index is 0.632. The van der Waals surface area contributed by atoms with Crippen LogP contribution in [0.25, 0.3) is 17.0 Å². The molecule has 3 aromatic heterocycles. The summed E-state index contributed by atoms with van der Waals surface area (Å²) in [5, 5.41) is 0.632. The molecule has 0 aliphatic carbocycles. The largest absolute Gasteiger partial charge is 0.306 e. The molecule has 0 radical (unpaired) electrons. The van der Waals surface area contributed by atoms with E-state index in [1.165, 1.54) is 0 Å². The molecule has 16 heavy (non-hydrogen) atoms. The molecule has 0 amide bonds. The molecule has 0 aliphatic heterocycles. The average molecular weight is 230 g/mol. The Morgan fingerprint density at radius 1 is 1.06 bits per heavy atom. The number of pyridine rings is 2. The molecule has 0 aromatic carbocycles. The Hall–Kier alpha value is -1.87. The second-order valence-electron chi connectivity index (χ2n) is 3.45. The van der Waals surface area contributed by atoms with Gasteiger partial charge in [-0.3, -0.25) is 4.98 Å². The molecule has 0 spiro atoms. The predicted octanol–water partition coefficient (Wildman–Crippen LogP) is 3.05. The highest BCUT2D eigenvalue weighted by Crippen LogP contribution is 2.18. The lowest BCUT2D eigenvalue weighted by Gasteiger charge is -1.93. The Bertz CT molecular complexity index is 595. The minimum Gasteiger partial charge on any atom is -0.306 e. The summed E-state index contributed by atoms with van der Waals surface area (Å²) in [7, 11) is 0. The van der Waals surface area contributed by atoms with Crippen LogP contribution in [0.1, 0.15) is 0 Å². The number of rotatable bonds is 1. The first-order chi connectivity index (χ1) is 7.83. The van der Waals surface area contributed by atoms with E-state index in [4.69, 9.17) is 11.6 Å². The van der Waals surface area contributed by atoms with Gasteiger partial charge in [0, 0.05) is 18.6 Å². The van der Waals surface area contributed by atoms with Crippen LogP contribution in [0.4, 0.5) is 0 Å². The number of nitrogens with zero attached hydrogens (tertiary/aromatic N) is 3. The van der Waals surface area contributed by atoms with Gasteiger partial charge in [0.2, 0.25) is 0 Å². The third-order valence-corrected chi connectivity index (χ3v) is 2.58. The van der Waals surface area contributed by atoms with Crippen molar-refractivity contribution in [1.29, 1.82) is 0 Å². The third-order valence-electron chi connectivity index (χ3n) is 2.35. The van der Waals surface area contributed by atoms with E-state index in [1.807, 2.05) is 47.1 Å². The summed E-state index contributed by atoms with van der Waals surface area (Å²) >= 11 is 5.79. The van der Waals surface area contributed by atoms with Gasteiger partial charge in [0.25, 0.3) is 0 Å². The maximum absolute atomic E-state index is 5.79. The topological polar surface area (TPSA) is 30.2 Å². The van der Waals surface area contributed by atoms with Gasteiger partial charge >= 0.3 is 0 Å². The van der Waals surface area contributed by atoms with Crippen LogP contribution in [0.5, 0.6) is 0 Å². The van der Waals surface area contributed by atoms with E-state index in [9.17, 15) is 0 Å². The zero-order valence-corrected chi connectivity index (χ0v) is 9.09. The van der Waals surface area contributed by atoms with Crippen molar-refractivity contribution in [2.24, 2.45) is 0 Å². The van der Waals surface area contributed by atoms with E-state index in [-0.39, 0.29) is 0 Å². The summed E-state index contributed by atoms with van der Waals surface area (Å²) < 4.78 is 1.96. The second kappa shape index (κ2) is 3.61. The van der Waals surface area contributed by atoms with Gasteiger partial charge in [-0.25, -0.2) is 4.98 Å². The number of fused-ring (bicyclic) bond motifs is 1. The third kappa shape index (κ3) is 1.55. The molecule has 0 fully saturated rings. The molecule has 3 nitrogen and oxygen atoms in total. The van der Waals surface area contributed by atoms with Crippen LogP contribution < -0.4 is 0 Å². The van der Waals surface area contributed by atoms with Crippen LogP contribution in [0.2, 0.25) is 5.02 Å². The highest BCUT2D eigenvalue weighted by molar-refractivity contribution is 6.30. The van der Waals surface area contributed by atoms with Crippen molar-refractivity contribution in [1.82, 2.24) is 14.4 Å². The molecule has 0 aliphatic rings. The molecule has 3 rings (SSSR count). The number of aromatic nitrogens is 3. The first kappa shape index (κ1) is 9.36. The second-order valence-corrected chi connectivity index (χ2v) is 3.89. The SMILES string of the molecule is Clc1ccc(-c2cn3ccccc3n2)nc1. The number of hydrogen-bond acceptors (Lipinski definition) is 2. The first-order valence-corrected chi connectivity index (χ1v) is 5.26. The fourth-order valence-electron chi connectivity index (χ4n) is 1.59. The molecule has 78 valence electrons. The van der Waals surface area contributed by atoms with Crippen molar-refractivity contribution < 1.29 is 0 Å². The minimum absolute atomic E-state index is 0.632. The fourth-order valence-corrected chi connectivity index (χ4v) is 1.70. The van der Waals surface area contributed by atoms with E-state index >= 15 is 0 Å². The standard InChI is InChI=1S/C12H8ClN3/c13-9-4-5-10(14-7-9)11-8-16-6-2-1-3-12(16)15-11/h1-8H. The monoisotopic (exact) mass is 229 g/mol. The maximum atomic E-state index is 5.79. The number of imidazole rings is 1. The molecule has 0 saturated carbocycles. The van der Waals surface area contributed by atoms with Crippen molar-refractivity contribution in [3.63, 3.8) is 0 Å². The van der Waals surface area contributed by atoms with Crippen LogP contribution >= 0.6 is 11.6 Å². The van der Waals surface area contributed by atoms with Gasteiger partial charge in [-0.15, -0.1) is 0 Å². The Balaban J connectivity index is 2.15. The first-order valence-electron chi connectivity index (χ1n) is 4.88. The van der Waals surface area contributed by atoms with E-state index < -0.39 is 0 Å². The Morgan fingerprint density at radius 3 is 2.75 bits per heavy atom. The van der Waals surface area contributed by atoms with Gasteiger partial charge in [-0.2, -0.15) is 0 Å². The fraction of sp³-hybridized carbons (Fsp3) is 0. The van der Waals surface area contributed by atoms with Crippen LogP contribution in [-0.2, 0) is 0 Å². The number of halogens is 1. The smallest absolute Gasteiger partial charge is 0.137 e. The van der Waals surface area contributed by atoms with E-state index in [0.29, 0.717) is 5.02 Å². The van der Waals surface area contributed by atoms with Crippen LogP contribution in [0.3, 0.4) is 0 Å². The van der Waals surface area contributed by atoms with Crippen molar-refractivity contribution in [3.05, 3.63) is 53.9 Å². The highest BCUT2D eigenvalue weighted by atomic mass is 35.5. The van der Waals surface area contributed by atoms with E-state index in [1.54, 1.807) is 6.20 Å². The summed E-state index contributed by atoms with van der Waals surface area (Å²) in [5.41, 5.74) is 2.59. The van der Waals surface area contributed by atoms with Crippen molar-refractivity contribution in [2.75, 3.05) is 0 Å². The molecule has 0 saturated heterocycles. The van der Waals surface area contributed by atoms with Gasteiger partial charge in [-0.05, 0) is 24.3 Å². The lowest BCUT2D eigenvalue weighted by Crippen LogP contribution is -1.81. The lowest BCUT2D eigenvalue weighted by atomic mass is 10.3. The molecule has 3 aromatic rings. The highest BCUT2D eigenvalue weighted by Gasteiger charge is 2.04. The molecule has 4 heteroatoms. The molecule has 0 bridgehead atoms. The van der Waals surface area contributed by atoms with Gasteiger partial charge in [-0.1, -0.05) is 17.7 Å². The molecular weight excluding hydrogens is 222 g/mol. The molecule has 3 heterocycles. The summed E-state index contributed by atoms with van der Waals surface area (Å²) in [6.45, 7) is 0. The van der Waals surface area contributed by atoms with Gasteiger partial charge in [0.1, 0.15) is 11.3 Å². The van der Waals surface area contributed by atoms with Gasteiger partial charge in [0.05, 0.1) is 10.7 Å². The quantitative estimate of drug-likeness (QED) is 0.642. The van der Waals surface area contributed by atoms with Crippen molar-refractivity contribution in [3.8, 4) is 11.4 Å². The summed E-state index contributed by atoms with van der Waals surface area (Å²) in [6, 6.07) is 9.56. The normalized spacial score (nSPS) is 10.8. The average Bonchev–Trinajstić information content (AvgIpc) is 2.73. The van der Waals surface area contributed by atoms with Crippen LogP contribution in [0.15, 0.2) is 48.9 Å². The van der Waals surface area contributed by atoms with E-state index in [2.05, 4.69) is 9.97 Å². The molecular formula is C12H8ClN3. The van der Waals surface area contributed by atoms with Crippen molar-refractivity contribution >= 4 is 17.2 Å². The maximum Gasteiger partial charge on any atom is 0.137 e. The summed E-state index contributed by atoms with van der Waals surface area (Å²) in [6.07, 6.45) is 5.54. The molecule has 0 atom stereocenters. The van der Waals surface area contributed by atoms with Crippen molar-refractivity contribution in [2.45, 2.75) is 0 Å². The van der Waals surface area contributed by atoms with Crippen LogP contribution in [-0.4, -0.2) is 14.4 Å². The van der Waals surface area contributed by atoms with Gasteiger partial charge in [0.15, 0.2) is 0 Å². The zero-order chi connectivity index (χ0) is 11.0. The summed E-state index contributed by atoms with van der Waals surface area (Å²) in [4.78, 5) is 8.71. The summed E-state index contributed by atoms with van der Waals surface area (Å²) in [5.74, 6) is 0. The number of hydrogen-bond donors (Lipinski definition) is 0. The molecule has 0 unspecified atom stereocenters. The Morgan fingerprint density at radius 2 is 2.00 bits per heavy atom. The zero-order valence-electron chi connectivity index (χ0n) is 8.34. The van der Waals surface area contributed by atoms with Crippen LogP contribution in [0, 0.1) is 0 Å². The predicted molar refractivity (Wildman–Crippen MR) is 63.4 cm³/mol.